The zero-order chi connectivity index (χ0) is 15.9. The number of amides is 1. The standard InChI is InChI=1S/C17H27N3O2/c1-4-20-8-9-22-16(13-20)17(21)18-11-14-6-5-7-15(10-14)12-19(2)3/h5-7,10,16H,4,8-9,11-13H2,1-3H3,(H,18,21). The highest BCUT2D eigenvalue weighted by Crippen LogP contribution is 2.08. The van der Waals surface area contributed by atoms with Crippen molar-refractivity contribution in [2.75, 3.05) is 40.3 Å². The maximum absolute atomic E-state index is 12.2. The van der Waals surface area contributed by atoms with Gasteiger partial charge in [-0.3, -0.25) is 9.69 Å². The van der Waals surface area contributed by atoms with Crippen LogP contribution in [0.25, 0.3) is 0 Å². The highest BCUT2D eigenvalue weighted by molar-refractivity contribution is 5.81. The molecule has 0 radical (unpaired) electrons. The van der Waals surface area contributed by atoms with Crippen LogP contribution in [0.5, 0.6) is 0 Å². The minimum Gasteiger partial charge on any atom is -0.366 e. The molecule has 1 aliphatic heterocycles. The van der Waals surface area contributed by atoms with Gasteiger partial charge in [-0.2, -0.15) is 0 Å². The van der Waals surface area contributed by atoms with Crippen LogP contribution < -0.4 is 5.32 Å². The molecular weight excluding hydrogens is 278 g/mol. The van der Waals surface area contributed by atoms with Gasteiger partial charge in [0.25, 0.3) is 5.91 Å². The topological polar surface area (TPSA) is 44.8 Å². The Kier molecular flexibility index (Phi) is 6.36. The van der Waals surface area contributed by atoms with Crippen LogP contribution in [0, 0.1) is 0 Å². The zero-order valence-electron chi connectivity index (χ0n) is 13.8. The summed E-state index contributed by atoms with van der Waals surface area (Å²) >= 11 is 0. The van der Waals surface area contributed by atoms with Crippen molar-refractivity contribution in [3.8, 4) is 0 Å². The minimum atomic E-state index is -0.348. The lowest BCUT2D eigenvalue weighted by Gasteiger charge is -2.31. The Morgan fingerprint density at radius 2 is 2.18 bits per heavy atom. The van der Waals surface area contributed by atoms with Gasteiger partial charge in [0.15, 0.2) is 0 Å². The van der Waals surface area contributed by atoms with Crippen LogP contribution in [0.15, 0.2) is 24.3 Å². The average Bonchev–Trinajstić information content (AvgIpc) is 2.52. The van der Waals surface area contributed by atoms with Crippen molar-refractivity contribution < 1.29 is 9.53 Å². The first-order valence-electron chi connectivity index (χ1n) is 7.92. The molecule has 1 aromatic carbocycles. The van der Waals surface area contributed by atoms with Crippen molar-refractivity contribution in [1.29, 1.82) is 0 Å². The molecule has 0 saturated carbocycles. The fraction of sp³-hybridized carbons (Fsp3) is 0.588. The van der Waals surface area contributed by atoms with E-state index in [0.29, 0.717) is 19.7 Å². The number of benzene rings is 1. The van der Waals surface area contributed by atoms with Crippen molar-refractivity contribution in [3.05, 3.63) is 35.4 Å². The lowest BCUT2D eigenvalue weighted by atomic mass is 10.1. The number of nitrogens with one attached hydrogen (secondary N) is 1. The highest BCUT2D eigenvalue weighted by atomic mass is 16.5. The van der Waals surface area contributed by atoms with Gasteiger partial charge in [0.1, 0.15) is 6.10 Å². The summed E-state index contributed by atoms with van der Waals surface area (Å²) in [7, 11) is 4.10. The van der Waals surface area contributed by atoms with Crippen LogP contribution in [-0.2, 0) is 22.6 Å². The van der Waals surface area contributed by atoms with Gasteiger partial charge in [0.05, 0.1) is 6.61 Å². The quantitative estimate of drug-likeness (QED) is 0.854. The minimum absolute atomic E-state index is 0.0174. The number of likely N-dealkylation sites (N-methyl/N-ethyl adjacent to an activating group) is 1. The Balaban J connectivity index is 1.85. The maximum atomic E-state index is 12.2. The molecule has 0 spiro atoms. The second-order valence-corrected chi connectivity index (χ2v) is 6.03. The van der Waals surface area contributed by atoms with E-state index in [1.54, 1.807) is 0 Å². The van der Waals surface area contributed by atoms with E-state index in [0.717, 1.165) is 25.2 Å². The van der Waals surface area contributed by atoms with E-state index in [-0.39, 0.29) is 12.0 Å². The maximum Gasteiger partial charge on any atom is 0.250 e. The predicted octanol–water partition coefficient (Wildman–Crippen LogP) is 1.09. The SMILES string of the molecule is CCN1CCOC(C(=O)NCc2cccc(CN(C)C)c2)C1. The summed E-state index contributed by atoms with van der Waals surface area (Å²) in [5.74, 6) is -0.0174. The van der Waals surface area contributed by atoms with E-state index >= 15 is 0 Å². The van der Waals surface area contributed by atoms with E-state index in [4.69, 9.17) is 4.74 Å². The van der Waals surface area contributed by atoms with Gasteiger partial charge in [-0.15, -0.1) is 0 Å². The molecule has 1 aromatic rings. The molecule has 0 aromatic heterocycles. The van der Waals surface area contributed by atoms with Gasteiger partial charge in [0, 0.05) is 26.2 Å². The molecular formula is C17H27N3O2. The van der Waals surface area contributed by atoms with Gasteiger partial charge in [-0.25, -0.2) is 0 Å². The fourth-order valence-electron chi connectivity index (χ4n) is 2.65. The Morgan fingerprint density at radius 1 is 1.41 bits per heavy atom. The monoisotopic (exact) mass is 305 g/mol. The second kappa shape index (κ2) is 8.27. The number of morpholine rings is 1. The lowest BCUT2D eigenvalue weighted by Crippen LogP contribution is -2.49. The summed E-state index contributed by atoms with van der Waals surface area (Å²) in [6.07, 6.45) is -0.348. The van der Waals surface area contributed by atoms with Gasteiger partial charge < -0.3 is 15.0 Å². The molecule has 1 atom stereocenters. The Morgan fingerprint density at radius 3 is 2.91 bits per heavy atom. The number of carbonyl (C=O) groups is 1. The number of hydrogen-bond donors (Lipinski definition) is 1. The smallest absolute Gasteiger partial charge is 0.250 e. The largest absolute Gasteiger partial charge is 0.366 e. The number of hydrogen-bond acceptors (Lipinski definition) is 4. The van der Waals surface area contributed by atoms with E-state index in [2.05, 4.69) is 34.2 Å². The summed E-state index contributed by atoms with van der Waals surface area (Å²) in [4.78, 5) is 16.6. The first-order chi connectivity index (χ1) is 10.6. The summed E-state index contributed by atoms with van der Waals surface area (Å²) < 4.78 is 5.58. The summed E-state index contributed by atoms with van der Waals surface area (Å²) in [5, 5.41) is 2.99. The zero-order valence-corrected chi connectivity index (χ0v) is 13.8. The average molecular weight is 305 g/mol. The van der Waals surface area contributed by atoms with Crippen LogP contribution in [-0.4, -0.2) is 62.1 Å². The van der Waals surface area contributed by atoms with Crippen LogP contribution in [0.1, 0.15) is 18.1 Å². The van der Waals surface area contributed by atoms with E-state index in [9.17, 15) is 4.79 Å². The Bertz CT molecular complexity index is 491. The third kappa shape index (κ3) is 5.09. The molecule has 5 heteroatoms. The normalized spacial score (nSPS) is 19.4. The molecule has 1 unspecified atom stereocenters. The predicted molar refractivity (Wildman–Crippen MR) is 87.5 cm³/mol. The fourth-order valence-corrected chi connectivity index (χ4v) is 2.65. The van der Waals surface area contributed by atoms with Gasteiger partial charge in [0.2, 0.25) is 0 Å². The Labute approximate surface area is 133 Å². The van der Waals surface area contributed by atoms with Crippen molar-refractivity contribution >= 4 is 5.91 Å². The molecule has 2 rings (SSSR count). The van der Waals surface area contributed by atoms with Crippen molar-refractivity contribution in [2.24, 2.45) is 0 Å². The molecule has 1 aliphatic rings. The lowest BCUT2D eigenvalue weighted by molar-refractivity contribution is -0.138. The molecule has 1 heterocycles. The molecule has 22 heavy (non-hydrogen) atoms. The summed E-state index contributed by atoms with van der Waals surface area (Å²) in [5.41, 5.74) is 2.37. The molecule has 122 valence electrons. The third-order valence-electron chi connectivity index (χ3n) is 3.85. The van der Waals surface area contributed by atoms with Crippen LogP contribution in [0.3, 0.4) is 0 Å². The van der Waals surface area contributed by atoms with Crippen LogP contribution in [0.2, 0.25) is 0 Å². The first kappa shape index (κ1) is 16.9. The van der Waals surface area contributed by atoms with Crippen molar-refractivity contribution in [2.45, 2.75) is 26.1 Å². The van der Waals surface area contributed by atoms with Crippen LogP contribution in [0.4, 0.5) is 0 Å². The van der Waals surface area contributed by atoms with E-state index in [1.165, 1.54) is 5.56 Å². The molecule has 1 amide bonds. The Hall–Kier alpha value is -1.43. The number of carbonyl (C=O) groups excluding carboxylic acids is 1. The third-order valence-corrected chi connectivity index (χ3v) is 3.85. The first-order valence-corrected chi connectivity index (χ1v) is 7.92. The van der Waals surface area contributed by atoms with Gasteiger partial charge in [-0.1, -0.05) is 31.2 Å². The molecule has 0 bridgehead atoms. The van der Waals surface area contributed by atoms with Crippen LogP contribution >= 0.6 is 0 Å². The van der Waals surface area contributed by atoms with E-state index in [1.807, 2.05) is 26.2 Å². The second-order valence-electron chi connectivity index (χ2n) is 6.03. The van der Waals surface area contributed by atoms with Crippen molar-refractivity contribution in [3.63, 3.8) is 0 Å². The summed E-state index contributed by atoms with van der Waals surface area (Å²) in [6.45, 7) is 6.74. The van der Waals surface area contributed by atoms with Gasteiger partial charge >= 0.3 is 0 Å². The number of rotatable bonds is 6. The van der Waals surface area contributed by atoms with Crippen molar-refractivity contribution in [1.82, 2.24) is 15.1 Å². The molecule has 0 aliphatic carbocycles. The van der Waals surface area contributed by atoms with Gasteiger partial charge in [-0.05, 0) is 31.8 Å². The molecule has 5 nitrogen and oxygen atoms in total. The number of ether oxygens (including phenoxy) is 1. The van der Waals surface area contributed by atoms with E-state index < -0.39 is 0 Å². The molecule has 1 fully saturated rings. The molecule has 1 saturated heterocycles. The summed E-state index contributed by atoms with van der Waals surface area (Å²) in [6, 6.07) is 8.32. The highest BCUT2D eigenvalue weighted by Gasteiger charge is 2.25. The molecule has 1 N–H and O–H groups in total. The number of nitrogens with zero attached hydrogens (tertiary/aromatic N) is 2.